The zero-order valence-electron chi connectivity index (χ0n) is 8.18. The molecule has 15 heavy (non-hydrogen) atoms. The van der Waals surface area contributed by atoms with Crippen molar-refractivity contribution in [2.75, 3.05) is 5.32 Å². The van der Waals surface area contributed by atoms with Gasteiger partial charge in [0.2, 0.25) is 0 Å². The molecule has 5 nitrogen and oxygen atoms in total. The van der Waals surface area contributed by atoms with Crippen LogP contribution < -0.4 is 5.32 Å². The van der Waals surface area contributed by atoms with Crippen LogP contribution >= 0.6 is 11.6 Å². The van der Waals surface area contributed by atoms with Gasteiger partial charge in [0.25, 0.3) is 0 Å². The number of nitrogens with one attached hydrogen (secondary N) is 1. The van der Waals surface area contributed by atoms with Gasteiger partial charge in [-0.05, 0) is 23.4 Å². The lowest BCUT2D eigenvalue weighted by Gasteiger charge is -2.02. The predicted octanol–water partition coefficient (Wildman–Crippen LogP) is 1.48. The number of rotatable bonds is 3. The summed E-state index contributed by atoms with van der Waals surface area (Å²) in [5, 5.41) is 15.5. The van der Waals surface area contributed by atoms with E-state index in [0.29, 0.717) is 17.4 Å². The number of anilines is 1. The molecule has 0 aliphatic rings. The van der Waals surface area contributed by atoms with Crippen molar-refractivity contribution in [1.82, 2.24) is 20.2 Å². The van der Waals surface area contributed by atoms with E-state index in [1.165, 1.54) is 4.80 Å². The Bertz CT molecular complexity index is 453. The van der Waals surface area contributed by atoms with Crippen molar-refractivity contribution in [1.29, 1.82) is 0 Å². The second kappa shape index (κ2) is 4.27. The average molecular weight is 224 g/mol. The van der Waals surface area contributed by atoms with Crippen LogP contribution in [0.5, 0.6) is 0 Å². The molecule has 0 fully saturated rings. The molecule has 6 heteroatoms. The second-order valence-corrected chi connectivity index (χ2v) is 3.50. The van der Waals surface area contributed by atoms with Crippen LogP contribution in [0.4, 0.5) is 5.69 Å². The van der Waals surface area contributed by atoms with E-state index in [4.69, 9.17) is 11.6 Å². The van der Waals surface area contributed by atoms with Crippen molar-refractivity contribution in [3.8, 4) is 0 Å². The molecule has 0 bridgehead atoms. The van der Waals surface area contributed by atoms with Gasteiger partial charge >= 0.3 is 0 Å². The molecule has 1 aromatic carbocycles. The Kier molecular flexibility index (Phi) is 2.82. The first-order valence-electron chi connectivity index (χ1n) is 4.46. The summed E-state index contributed by atoms with van der Waals surface area (Å²) in [6.07, 6.45) is 0. The minimum atomic E-state index is 0.536. The number of hydrogen-bond donors (Lipinski definition) is 1. The molecule has 1 heterocycles. The van der Waals surface area contributed by atoms with Crippen molar-refractivity contribution >= 4 is 17.3 Å². The van der Waals surface area contributed by atoms with Gasteiger partial charge < -0.3 is 5.32 Å². The Morgan fingerprint density at radius 1 is 1.47 bits per heavy atom. The normalized spacial score (nSPS) is 10.3. The quantitative estimate of drug-likeness (QED) is 0.856. The Balaban J connectivity index is 1.99. The van der Waals surface area contributed by atoms with E-state index in [9.17, 15) is 0 Å². The predicted molar refractivity (Wildman–Crippen MR) is 57.6 cm³/mol. The molecule has 0 saturated heterocycles. The van der Waals surface area contributed by atoms with Gasteiger partial charge in [-0.25, -0.2) is 0 Å². The molecule has 1 N–H and O–H groups in total. The van der Waals surface area contributed by atoms with Crippen molar-refractivity contribution in [3.05, 3.63) is 35.1 Å². The maximum absolute atomic E-state index is 5.84. The smallest absolute Gasteiger partial charge is 0.193 e. The van der Waals surface area contributed by atoms with Crippen LogP contribution in [-0.2, 0) is 13.6 Å². The van der Waals surface area contributed by atoms with Gasteiger partial charge in [0.05, 0.1) is 13.6 Å². The summed E-state index contributed by atoms with van der Waals surface area (Å²) in [6.45, 7) is 0.536. The Labute approximate surface area is 92.1 Å². The summed E-state index contributed by atoms with van der Waals surface area (Å²) in [5.41, 5.74) is 0.940. The van der Waals surface area contributed by atoms with Gasteiger partial charge in [-0.1, -0.05) is 17.7 Å². The van der Waals surface area contributed by atoms with E-state index >= 15 is 0 Å². The zero-order chi connectivity index (χ0) is 10.7. The van der Waals surface area contributed by atoms with E-state index in [-0.39, 0.29) is 0 Å². The van der Waals surface area contributed by atoms with Gasteiger partial charge in [0.1, 0.15) is 0 Å². The van der Waals surface area contributed by atoms with Crippen molar-refractivity contribution in [2.24, 2.45) is 7.05 Å². The fraction of sp³-hybridized carbons (Fsp3) is 0.222. The van der Waals surface area contributed by atoms with Crippen LogP contribution in [0.3, 0.4) is 0 Å². The summed E-state index contributed by atoms with van der Waals surface area (Å²) in [5.74, 6) is 0.650. The molecular formula is C9H10ClN5. The SMILES string of the molecule is Cn1nnc(CNc2cccc(Cl)c2)n1. The monoisotopic (exact) mass is 223 g/mol. The Morgan fingerprint density at radius 2 is 2.33 bits per heavy atom. The first-order chi connectivity index (χ1) is 7.24. The van der Waals surface area contributed by atoms with E-state index in [1.807, 2.05) is 24.3 Å². The molecule has 0 saturated carbocycles. The molecule has 2 aromatic rings. The standard InChI is InChI=1S/C9H10ClN5/c1-15-13-9(12-14-15)6-11-8-4-2-3-7(10)5-8/h2-5,11H,6H2,1H3. The number of benzene rings is 1. The van der Waals surface area contributed by atoms with E-state index in [1.54, 1.807) is 7.05 Å². The highest BCUT2D eigenvalue weighted by Gasteiger charge is 1.99. The molecule has 0 atom stereocenters. The van der Waals surface area contributed by atoms with Crippen molar-refractivity contribution < 1.29 is 0 Å². The van der Waals surface area contributed by atoms with Crippen LogP contribution in [0, 0.1) is 0 Å². The van der Waals surface area contributed by atoms with Crippen molar-refractivity contribution in [2.45, 2.75) is 6.54 Å². The van der Waals surface area contributed by atoms with Gasteiger partial charge in [-0.3, -0.25) is 0 Å². The number of aromatic nitrogens is 4. The Morgan fingerprint density at radius 3 is 3.00 bits per heavy atom. The summed E-state index contributed by atoms with van der Waals surface area (Å²) in [4.78, 5) is 1.43. The first kappa shape index (κ1) is 9.92. The molecule has 2 rings (SSSR count). The van der Waals surface area contributed by atoms with Crippen LogP contribution in [0.15, 0.2) is 24.3 Å². The third kappa shape index (κ3) is 2.66. The minimum absolute atomic E-state index is 0.536. The fourth-order valence-corrected chi connectivity index (χ4v) is 1.36. The molecule has 0 aliphatic carbocycles. The van der Waals surface area contributed by atoms with E-state index in [0.717, 1.165) is 5.69 Å². The van der Waals surface area contributed by atoms with Crippen LogP contribution in [0.1, 0.15) is 5.82 Å². The maximum atomic E-state index is 5.84. The molecule has 0 radical (unpaired) electrons. The largest absolute Gasteiger partial charge is 0.378 e. The highest BCUT2D eigenvalue weighted by atomic mass is 35.5. The highest BCUT2D eigenvalue weighted by molar-refractivity contribution is 6.30. The van der Waals surface area contributed by atoms with E-state index in [2.05, 4.69) is 20.7 Å². The lowest BCUT2D eigenvalue weighted by molar-refractivity contribution is 0.628. The minimum Gasteiger partial charge on any atom is -0.378 e. The molecule has 0 amide bonds. The van der Waals surface area contributed by atoms with Gasteiger partial charge in [0, 0.05) is 10.7 Å². The summed E-state index contributed by atoms with van der Waals surface area (Å²) >= 11 is 5.84. The highest BCUT2D eigenvalue weighted by Crippen LogP contribution is 2.14. The topological polar surface area (TPSA) is 55.6 Å². The Hall–Kier alpha value is -1.62. The zero-order valence-corrected chi connectivity index (χ0v) is 8.94. The maximum Gasteiger partial charge on any atom is 0.193 e. The third-order valence-electron chi connectivity index (χ3n) is 1.82. The molecule has 1 aromatic heterocycles. The number of nitrogens with zero attached hydrogens (tertiary/aromatic N) is 4. The summed E-state index contributed by atoms with van der Waals surface area (Å²) < 4.78 is 0. The molecular weight excluding hydrogens is 214 g/mol. The van der Waals surface area contributed by atoms with Gasteiger partial charge in [0.15, 0.2) is 5.82 Å². The molecule has 0 spiro atoms. The second-order valence-electron chi connectivity index (χ2n) is 3.06. The van der Waals surface area contributed by atoms with Crippen LogP contribution in [0.25, 0.3) is 0 Å². The number of aryl methyl sites for hydroxylation is 1. The van der Waals surface area contributed by atoms with Crippen LogP contribution in [0.2, 0.25) is 5.02 Å². The van der Waals surface area contributed by atoms with Gasteiger partial charge in [-0.2, -0.15) is 4.80 Å². The first-order valence-corrected chi connectivity index (χ1v) is 4.84. The van der Waals surface area contributed by atoms with Crippen molar-refractivity contribution in [3.63, 3.8) is 0 Å². The molecule has 78 valence electrons. The number of hydrogen-bond acceptors (Lipinski definition) is 4. The number of tetrazole rings is 1. The third-order valence-corrected chi connectivity index (χ3v) is 2.06. The lowest BCUT2D eigenvalue weighted by Crippen LogP contribution is -2.02. The molecule has 0 aliphatic heterocycles. The average Bonchev–Trinajstić information content (AvgIpc) is 2.62. The summed E-state index contributed by atoms with van der Waals surface area (Å²) in [7, 11) is 1.73. The van der Waals surface area contributed by atoms with E-state index < -0.39 is 0 Å². The molecule has 0 unspecified atom stereocenters. The number of halogens is 1. The van der Waals surface area contributed by atoms with Crippen LogP contribution in [-0.4, -0.2) is 20.2 Å². The lowest BCUT2D eigenvalue weighted by atomic mass is 10.3. The fourth-order valence-electron chi connectivity index (χ4n) is 1.17. The van der Waals surface area contributed by atoms with Gasteiger partial charge in [-0.15, -0.1) is 10.2 Å². The summed E-state index contributed by atoms with van der Waals surface area (Å²) in [6, 6.07) is 7.49.